The van der Waals surface area contributed by atoms with Gasteiger partial charge in [0.25, 0.3) is 0 Å². The Morgan fingerprint density at radius 1 is 1.32 bits per heavy atom. The zero-order valence-corrected chi connectivity index (χ0v) is 11.1. The van der Waals surface area contributed by atoms with E-state index in [0.717, 1.165) is 0 Å². The van der Waals surface area contributed by atoms with Gasteiger partial charge in [0.1, 0.15) is 0 Å². The summed E-state index contributed by atoms with van der Waals surface area (Å²) in [7, 11) is 0. The van der Waals surface area contributed by atoms with Crippen LogP contribution in [0.3, 0.4) is 0 Å². The minimum absolute atomic E-state index is 0.108. The fourth-order valence-corrected chi connectivity index (χ4v) is 2.00. The van der Waals surface area contributed by atoms with Crippen molar-refractivity contribution >= 4 is 29.3 Å². The van der Waals surface area contributed by atoms with Crippen molar-refractivity contribution in [3.05, 3.63) is 30.3 Å². The summed E-state index contributed by atoms with van der Waals surface area (Å²) in [5.41, 5.74) is 0.673. The van der Waals surface area contributed by atoms with Crippen LogP contribution in [-0.4, -0.2) is 35.0 Å². The first-order valence-electron chi connectivity index (χ1n) is 5.67. The Hall–Kier alpha value is -2.00. The van der Waals surface area contributed by atoms with E-state index >= 15 is 0 Å². The minimum atomic E-state index is -0.946. The van der Waals surface area contributed by atoms with E-state index in [1.807, 2.05) is 12.1 Å². The van der Waals surface area contributed by atoms with Crippen molar-refractivity contribution < 1.29 is 14.7 Å². The molecule has 1 rings (SSSR count). The summed E-state index contributed by atoms with van der Waals surface area (Å²) in [5.74, 6) is -0.721. The van der Waals surface area contributed by atoms with E-state index in [9.17, 15) is 9.59 Å². The van der Waals surface area contributed by atoms with Crippen molar-refractivity contribution in [2.75, 3.05) is 23.0 Å². The van der Waals surface area contributed by atoms with Crippen molar-refractivity contribution in [1.82, 2.24) is 0 Å². The number of benzene rings is 1. The lowest BCUT2D eigenvalue weighted by atomic mass is 10.2. The monoisotopic (exact) mass is 278 g/mol. The molecule has 0 atom stereocenters. The molecule has 6 heteroatoms. The van der Waals surface area contributed by atoms with Gasteiger partial charge in [0.05, 0.1) is 24.0 Å². The first kappa shape index (κ1) is 15.1. The molecule has 0 radical (unpaired) electrons. The number of anilines is 1. The molecule has 0 heterocycles. The fourth-order valence-electron chi connectivity index (χ4n) is 1.48. The largest absolute Gasteiger partial charge is 0.481 e. The molecule has 1 aromatic carbocycles. The molecule has 100 valence electrons. The Bertz CT molecular complexity index is 471. The second-order valence-electron chi connectivity index (χ2n) is 3.68. The van der Waals surface area contributed by atoms with Gasteiger partial charge >= 0.3 is 5.97 Å². The molecule has 1 N–H and O–H groups in total. The lowest BCUT2D eigenvalue weighted by molar-refractivity contribution is -0.136. The van der Waals surface area contributed by atoms with E-state index in [2.05, 4.69) is 0 Å². The Labute approximate surface area is 115 Å². The molecule has 0 aliphatic heterocycles. The summed E-state index contributed by atoms with van der Waals surface area (Å²) in [6.07, 6.45) is -0.108. The Morgan fingerprint density at radius 3 is 2.58 bits per heavy atom. The lowest BCUT2D eigenvalue weighted by Gasteiger charge is -2.21. The average molecular weight is 278 g/mol. The first-order chi connectivity index (χ1) is 9.15. The molecule has 0 fully saturated rings. The van der Waals surface area contributed by atoms with Crippen molar-refractivity contribution in [3.63, 3.8) is 0 Å². The number of carboxylic acid groups (broad SMARTS) is 1. The van der Waals surface area contributed by atoms with Gasteiger partial charge in [0.15, 0.2) is 0 Å². The number of amides is 1. The zero-order valence-electron chi connectivity index (χ0n) is 10.3. The van der Waals surface area contributed by atoms with E-state index in [4.69, 9.17) is 10.4 Å². The van der Waals surface area contributed by atoms with Gasteiger partial charge in [0.2, 0.25) is 5.91 Å². The fraction of sp³-hybridized carbons (Fsp3) is 0.308. The Morgan fingerprint density at radius 2 is 2.00 bits per heavy atom. The zero-order chi connectivity index (χ0) is 14.1. The third kappa shape index (κ3) is 5.44. The molecule has 5 nitrogen and oxygen atoms in total. The SMILES string of the molecule is N#CCSCC(=O)N(CCC(=O)O)c1ccccc1. The van der Waals surface area contributed by atoms with Crippen molar-refractivity contribution in [2.45, 2.75) is 6.42 Å². The molecule has 0 aromatic heterocycles. The van der Waals surface area contributed by atoms with Crippen LogP contribution < -0.4 is 4.90 Å². The van der Waals surface area contributed by atoms with Crippen LogP contribution in [0.25, 0.3) is 0 Å². The smallest absolute Gasteiger partial charge is 0.305 e. The van der Waals surface area contributed by atoms with Crippen molar-refractivity contribution in [3.8, 4) is 6.07 Å². The van der Waals surface area contributed by atoms with Gasteiger partial charge in [-0.15, -0.1) is 11.8 Å². The van der Waals surface area contributed by atoms with Crippen LogP contribution in [-0.2, 0) is 9.59 Å². The maximum Gasteiger partial charge on any atom is 0.305 e. The van der Waals surface area contributed by atoms with Gasteiger partial charge in [-0.3, -0.25) is 9.59 Å². The molecule has 0 saturated carbocycles. The van der Waals surface area contributed by atoms with Gasteiger partial charge < -0.3 is 10.0 Å². The van der Waals surface area contributed by atoms with E-state index < -0.39 is 5.97 Å². The number of carboxylic acids is 1. The summed E-state index contributed by atoms with van der Waals surface area (Å²) >= 11 is 1.22. The summed E-state index contributed by atoms with van der Waals surface area (Å²) in [5, 5.41) is 17.2. The average Bonchev–Trinajstić information content (AvgIpc) is 2.40. The molecule has 19 heavy (non-hydrogen) atoms. The predicted octanol–water partition coefficient (Wildman–Crippen LogP) is 1.75. The highest BCUT2D eigenvalue weighted by Gasteiger charge is 2.16. The van der Waals surface area contributed by atoms with Gasteiger partial charge in [-0.1, -0.05) is 18.2 Å². The third-order valence-corrected chi connectivity index (χ3v) is 3.09. The highest BCUT2D eigenvalue weighted by Crippen LogP contribution is 2.15. The van der Waals surface area contributed by atoms with E-state index in [1.54, 1.807) is 24.3 Å². The first-order valence-corrected chi connectivity index (χ1v) is 6.82. The van der Waals surface area contributed by atoms with Crippen molar-refractivity contribution in [2.24, 2.45) is 0 Å². The van der Waals surface area contributed by atoms with E-state index in [-0.39, 0.29) is 30.4 Å². The maximum atomic E-state index is 12.0. The van der Waals surface area contributed by atoms with Gasteiger partial charge in [-0.25, -0.2) is 0 Å². The number of carbonyl (C=O) groups is 2. The number of rotatable bonds is 7. The van der Waals surface area contributed by atoms with Crippen LogP contribution in [0.4, 0.5) is 5.69 Å². The topological polar surface area (TPSA) is 81.4 Å². The van der Waals surface area contributed by atoms with Crippen LogP contribution in [0, 0.1) is 11.3 Å². The molecule has 0 spiro atoms. The molecule has 1 aromatic rings. The predicted molar refractivity (Wildman–Crippen MR) is 74.0 cm³/mol. The molecule has 0 unspecified atom stereocenters. The van der Waals surface area contributed by atoms with Gasteiger partial charge in [-0.2, -0.15) is 5.26 Å². The number of hydrogen-bond acceptors (Lipinski definition) is 4. The molecule has 0 saturated heterocycles. The molecule has 1 amide bonds. The number of nitriles is 1. The quantitative estimate of drug-likeness (QED) is 0.768. The summed E-state index contributed by atoms with van der Waals surface area (Å²) in [6, 6.07) is 10.9. The van der Waals surface area contributed by atoms with Crippen molar-refractivity contribution in [1.29, 1.82) is 5.26 Å². The second kappa shape index (κ2) is 8.16. The number of para-hydroxylation sites is 1. The molecule has 0 bridgehead atoms. The Balaban J connectivity index is 2.72. The van der Waals surface area contributed by atoms with Crippen LogP contribution in [0.15, 0.2) is 30.3 Å². The maximum absolute atomic E-state index is 12.0. The van der Waals surface area contributed by atoms with Gasteiger partial charge in [0, 0.05) is 12.2 Å². The van der Waals surface area contributed by atoms with Crippen LogP contribution in [0.1, 0.15) is 6.42 Å². The molecular formula is C13H14N2O3S. The van der Waals surface area contributed by atoms with Crippen LogP contribution in [0.2, 0.25) is 0 Å². The normalized spacial score (nSPS) is 9.63. The highest BCUT2D eigenvalue weighted by atomic mass is 32.2. The van der Waals surface area contributed by atoms with E-state index in [0.29, 0.717) is 5.69 Å². The highest BCUT2D eigenvalue weighted by molar-refractivity contribution is 8.00. The summed E-state index contributed by atoms with van der Waals surface area (Å²) < 4.78 is 0. The Kier molecular flexibility index (Phi) is 6.47. The van der Waals surface area contributed by atoms with E-state index in [1.165, 1.54) is 16.7 Å². The number of nitrogens with zero attached hydrogens (tertiary/aromatic N) is 2. The number of thioether (sulfide) groups is 1. The molecular weight excluding hydrogens is 264 g/mol. The summed E-state index contributed by atoms with van der Waals surface area (Å²) in [4.78, 5) is 24.1. The van der Waals surface area contributed by atoms with Crippen LogP contribution in [0.5, 0.6) is 0 Å². The standard InChI is InChI=1S/C13H14N2O3S/c14-7-9-19-10-12(16)15(8-6-13(17)18)11-4-2-1-3-5-11/h1-5H,6,8-10H2,(H,17,18). The van der Waals surface area contributed by atoms with Crippen LogP contribution >= 0.6 is 11.8 Å². The van der Waals surface area contributed by atoms with Gasteiger partial charge in [-0.05, 0) is 12.1 Å². The lowest BCUT2D eigenvalue weighted by Crippen LogP contribution is -2.34. The summed E-state index contributed by atoms with van der Waals surface area (Å²) in [6.45, 7) is 0.130. The number of aliphatic carboxylic acids is 1. The minimum Gasteiger partial charge on any atom is -0.481 e. The molecule has 0 aliphatic carbocycles. The number of carbonyl (C=O) groups excluding carboxylic acids is 1. The second-order valence-corrected chi connectivity index (χ2v) is 4.66. The number of hydrogen-bond donors (Lipinski definition) is 1. The third-order valence-electron chi connectivity index (χ3n) is 2.31. The molecule has 0 aliphatic rings.